The van der Waals surface area contributed by atoms with E-state index in [1.165, 1.54) is 4.90 Å². The van der Waals surface area contributed by atoms with Crippen LogP contribution in [0.5, 0.6) is 0 Å². The van der Waals surface area contributed by atoms with E-state index in [9.17, 15) is 22.0 Å². The number of ether oxygens (including phenoxy) is 1. The lowest BCUT2D eigenvalue weighted by atomic mass is 10.3. The molecule has 0 aliphatic carbocycles. The number of rotatable bonds is 7. The molecule has 1 atom stereocenters. The molecule has 1 aliphatic rings. The number of hydrogen-bond acceptors (Lipinski definition) is 4. The van der Waals surface area contributed by atoms with Gasteiger partial charge >= 0.3 is 0 Å². The second-order valence-corrected chi connectivity index (χ2v) is 8.08. The molecule has 0 spiro atoms. The predicted octanol–water partition coefficient (Wildman–Crippen LogP) is 2.00. The van der Waals surface area contributed by atoms with E-state index in [4.69, 9.17) is 4.74 Å². The van der Waals surface area contributed by atoms with E-state index in [1.807, 2.05) is 6.92 Å². The largest absolute Gasteiger partial charge is 0.369 e. The Labute approximate surface area is 152 Å². The fourth-order valence-electron chi connectivity index (χ4n) is 2.70. The number of nitrogens with zero attached hydrogens (tertiary/aromatic N) is 2. The third-order valence-electron chi connectivity index (χ3n) is 4.27. The van der Waals surface area contributed by atoms with Crippen LogP contribution in [0, 0.1) is 11.6 Å². The van der Waals surface area contributed by atoms with Crippen LogP contribution >= 0.6 is 0 Å². The monoisotopic (exact) mass is 390 g/mol. The van der Waals surface area contributed by atoms with Gasteiger partial charge in [0.25, 0.3) is 5.91 Å². The number of carbonyl (C=O) groups excluding carboxylic acids is 1. The summed E-state index contributed by atoms with van der Waals surface area (Å²) in [5, 5.41) is 0. The van der Waals surface area contributed by atoms with Crippen molar-refractivity contribution in [2.24, 2.45) is 0 Å². The topological polar surface area (TPSA) is 66.9 Å². The Kier molecular flexibility index (Phi) is 7.08. The summed E-state index contributed by atoms with van der Waals surface area (Å²) in [5.41, 5.74) is 0. The molecule has 1 fully saturated rings. The molecule has 0 N–H and O–H groups in total. The van der Waals surface area contributed by atoms with Crippen molar-refractivity contribution in [3.05, 3.63) is 29.8 Å². The van der Waals surface area contributed by atoms with Crippen LogP contribution in [0.25, 0.3) is 0 Å². The Morgan fingerprint density at radius 3 is 2.50 bits per heavy atom. The highest BCUT2D eigenvalue weighted by atomic mass is 32.2. The summed E-state index contributed by atoms with van der Waals surface area (Å²) in [5.74, 6) is -2.02. The molecule has 0 saturated carbocycles. The van der Waals surface area contributed by atoms with Gasteiger partial charge in [-0.2, -0.15) is 4.31 Å². The number of hydrogen-bond donors (Lipinski definition) is 0. The Bertz CT molecular complexity index is 734. The molecule has 1 amide bonds. The fraction of sp³-hybridized carbons (Fsp3) is 0.588. The van der Waals surface area contributed by atoms with Crippen molar-refractivity contribution in [1.29, 1.82) is 0 Å². The van der Waals surface area contributed by atoms with Gasteiger partial charge in [-0.15, -0.1) is 0 Å². The van der Waals surface area contributed by atoms with Gasteiger partial charge in [-0.05, 0) is 31.5 Å². The van der Waals surface area contributed by atoms with Crippen LogP contribution in [0.3, 0.4) is 0 Å². The van der Waals surface area contributed by atoms with Gasteiger partial charge in [-0.25, -0.2) is 17.2 Å². The van der Waals surface area contributed by atoms with Gasteiger partial charge in [0, 0.05) is 32.8 Å². The zero-order valence-corrected chi connectivity index (χ0v) is 15.8. The summed E-state index contributed by atoms with van der Waals surface area (Å²) < 4.78 is 58.8. The maximum atomic E-state index is 13.8. The number of benzene rings is 1. The van der Waals surface area contributed by atoms with Gasteiger partial charge in [0.05, 0.1) is 0 Å². The molecule has 1 aromatic rings. The molecule has 1 saturated heterocycles. The third-order valence-corrected chi connectivity index (χ3v) is 6.19. The SMILES string of the molecule is CCCCOC(C)C(=O)N1CCN(S(=O)(=O)c2cc(F)ccc2F)CC1. The summed E-state index contributed by atoms with van der Waals surface area (Å²) in [7, 11) is -4.15. The molecule has 1 unspecified atom stereocenters. The number of unbranched alkanes of at least 4 members (excludes halogenated alkanes) is 1. The zero-order chi connectivity index (χ0) is 19.3. The minimum absolute atomic E-state index is 0.0196. The van der Waals surface area contributed by atoms with Crippen LogP contribution in [0.1, 0.15) is 26.7 Å². The molecule has 26 heavy (non-hydrogen) atoms. The van der Waals surface area contributed by atoms with Crippen molar-refractivity contribution in [2.75, 3.05) is 32.8 Å². The maximum Gasteiger partial charge on any atom is 0.251 e. The molecular weight excluding hydrogens is 366 g/mol. The Hall–Kier alpha value is -1.58. The number of piperazine rings is 1. The first-order chi connectivity index (χ1) is 12.3. The van der Waals surface area contributed by atoms with E-state index >= 15 is 0 Å². The number of sulfonamides is 1. The van der Waals surface area contributed by atoms with Gasteiger partial charge < -0.3 is 9.64 Å². The van der Waals surface area contributed by atoms with Gasteiger partial charge in [-0.1, -0.05) is 13.3 Å². The van der Waals surface area contributed by atoms with E-state index in [0.29, 0.717) is 12.7 Å². The normalized spacial score (nSPS) is 17.3. The first-order valence-electron chi connectivity index (χ1n) is 8.63. The zero-order valence-electron chi connectivity index (χ0n) is 15.0. The van der Waals surface area contributed by atoms with E-state index in [1.54, 1.807) is 6.92 Å². The molecule has 0 bridgehead atoms. The minimum atomic E-state index is -4.15. The van der Waals surface area contributed by atoms with Crippen LogP contribution in [0.4, 0.5) is 8.78 Å². The molecule has 1 aliphatic heterocycles. The standard InChI is InChI=1S/C17H24F2N2O4S/c1-3-4-11-25-13(2)17(22)20-7-9-21(10-8-20)26(23,24)16-12-14(18)5-6-15(16)19/h5-6,12-13H,3-4,7-11H2,1-2H3. The van der Waals surface area contributed by atoms with Crippen LogP contribution in [-0.2, 0) is 19.6 Å². The lowest BCUT2D eigenvalue weighted by Crippen LogP contribution is -2.52. The van der Waals surface area contributed by atoms with Crippen LogP contribution < -0.4 is 0 Å². The lowest BCUT2D eigenvalue weighted by molar-refractivity contribution is -0.143. The van der Waals surface area contributed by atoms with Crippen molar-refractivity contribution < 1.29 is 26.7 Å². The van der Waals surface area contributed by atoms with Crippen LogP contribution in [0.15, 0.2) is 23.1 Å². The third kappa shape index (κ3) is 4.77. The summed E-state index contributed by atoms with van der Waals surface area (Å²) in [4.78, 5) is 13.2. The minimum Gasteiger partial charge on any atom is -0.369 e. The Morgan fingerprint density at radius 2 is 1.88 bits per heavy atom. The Morgan fingerprint density at radius 1 is 1.23 bits per heavy atom. The van der Waals surface area contributed by atoms with Gasteiger partial charge in [0.2, 0.25) is 10.0 Å². The first kappa shape index (κ1) is 20.7. The highest BCUT2D eigenvalue weighted by Crippen LogP contribution is 2.22. The molecule has 0 aromatic heterocycles. The van der Waals surface area contributed by atoms with E-state index < -0.39 is 32.7 Å². The molecule has 0 radical (unpaired) electrons. The van der Waals surface area contributed by atoms with Crippen molar-refractivity contribution >= 4 is 15.9 Å². The number of carbonyl (C=O) groups is 1. The van der Waals surface area contributed by atoms with Crippen LogP contribution in [0.2, 0.25) is 0 Å². The van der Waals surface area contributed by atoms with E-state index in [0.717, 1.165) is 29.3 Å². The lowest BCUT2D eigenvalue weighted by Gasteiger charge is -2.35. The number of halogens is 2. The smallest absolute Gasteiger partial charge is 0.251 e. The molecule has 2 rings (SSSR count). The molecule has 6 nitrogen and oxygen atoms in total. The van der Waals surface area contributed by atoms with Gasteiger partial charge in [-0.3, -0.25) is 4.79 Å². The summed E-state index contributed by atoms with van der Waals surface area (Å²) in [6.07, 6.45) is 1.24. The summed E-state index contributed by atoms with van der Waals surface area (Å²) in [6.45, 7) is 4.58. The van der Waals surface area contributed by atoms with Gasteiger partial charge in [0.1, 0.15) is 22.6 Å². The van der Waals surface area contributed by atoms with E-state index in [2.05, 4.69) is 0 Å². The number of amides is 1. The Balaban J connectivity index is 1.99. The van der Waals surface area contributed by atoms with Gasteiger partial charge in [0.15, 0.2) is 0 Å². The highest BCUT2D eigenvalue weighted by Gasteiger charge is 2.33. The van der Waals surface area contributed by atoms with Crippen molar-refractivity contribution in [2.45, 2.75) is 37.7 Å². The fourth-order valence-corrected chi connectivity index (χ4v) is 4.19. The van der Waals surface area contributed by atoms with Crippen molar-refractivity contribution in [1.82, 2.24) is 9.21 Å². The molecular formula is C17H24F2N2O4S. The van der Waals surface area contributed by atoms with Crippen LogP contribution in [-0.4, -0.2) is 62.4 Å². The van der Waals surface area contributed by atoms with Crippen molar-refractivity contribution in [3.8, 4) is 0 Å². The highest BCUT2D eigenvalue weighted by molar-refractivity contribution is 7.89. The first-order valence-corrected chi connectivity index (χ1v) is 10.1. The molecule has 146 valence electrons. The average Bonchev–Trinajstić information content (AvgIpc) is 2.63. The summed E-state index contributed by atoms with van der Waals surface area (Å²) >= 11 is 0. The van der Waals surface area contributed by atoms with Crippen molar-refractivity contribution in [3.63, 3.8) is 0 Å². The van der Waals surface area contributed by atoms with E-state index in [-0.39, 0.29) is 32.1 Å². The summed E-state index contributed by atoms with van der Waals surface area (Å²) in [6, 6.07) is 2.33. The second-order valence-electron chi connectivity index (χ2n) is 6.17. The molecule has 1 aromatic carbocycles. The second kappa shape index (κ2) is 8.88. The molecule has 9 heteroatoms. The quantitative estimate of drug-likeness (QED) is 0.668. The predicted molar refractivity (Wildman–Crippen MR) is 92.0 cm³/mol. The molecule has 1 heterocycles. The maximum absolute atomic E-state index is 13.8. The average molecular weight is 390 g/mol.